The smallest absolute Gasteiger partial charge is 0.335 e. The predicted octanol–water partition coefficient (Wildman–Crippen LogP) is 1.18. The van der Waals surface area contributed by atoms with Gasteiger partial charge in [0.15, 0.2) is 0 Å². The van der Waals surface area contributed by atoms with Crippen molar-refractivity contribution in [3.05, 3.63) is 29.6 Å². The number of rotatable bonds is 6. The van der Waals surface area contributed by atoms with Crippen LogP contribution >= 0.6 is 0 Å². The Bertz CT molecular complexity index is 545. The maximum absolute atomic E-state index is 13.3. The first-order valence-corrected chi connectivity index (χ1v) is 6.64. The SMILES string of the molecule is CCCNS(=O)(=O)Nc1cc(C(=O)O)ccc1F. The summed E-state index contributed by atoms with van der Waals surface area (Å²) in [7, 11) is -3.89. The summed E-state index contributed by atoms with van der Waals surface area (Å²) in [5, 5.41) is 8.72. The third kappa shape index (κ3) is 3.97. The van der Waals surface area contributed by atoms with Crippen LogP contribution in [0.3, 0.4) is 0 Å². The highest BCUT2D eigenvalue weighted by molar-refractivity contribution is 7.90. The van der Waals surface area contributed by atoms with Crippen molar-refractivity contribution in [1.82, 2.24) is 4.72 Å². The van der Waals surface area contributed by atoms with E-state index in [-0.39, 0.29) is 12.1 Å². The molecule has 0 bridgehead atoms. The van der Waals surface area contributed by atoms with Crippen molar-refractivity contribution < 1.29 is 22.7 Å². The Balaban J connectivity index is 2.96. The lowest BCUT2D eigenvalue weighted by Gasteiger charge is -2.09. The summed E-state index contributed by atoms with van der Waals surface area (Å²) in [5.41, 5.74) is -0.608. The summed E-state index contributed by atoms with van der Waals surface area (Å²) in [4.78, 5) is 10.7. The van der Waals surface area contributed by atoms with Crippen LogP contribution in [0.5, 0.6) is 0 Å². The second-order valence-electron chi connectivity index (χ2n) is 3.50. The molecule has 1 rings (SSSR count). The molecule has 0 heterocycles. The number of nitrogens with one attached hydrogen (secondary N) is 2. The van der Waals surface area contributed by atoms with Crippen molar-refractivity contribution in [2.75, 3.05) is 11.3 Å². The lowest BCUT2D eigenvalue weighted by Crippen LogP contribution is -2.31. The molecule has 0 radical (unpaired) electrons. The van der Waals surface area contributed by atoms with Crippen LogP contribution in [0.15, 0.2) is 18.2 Å². The predicted molar refractivity (Wildman–Crippen MR) is 64.2 cm³/mol. The number of anilines is 1. The summed E-state index contributed by atoms with van der Waals surface area (Å²) in [5.74, 6) is -2.11. The molecule has 8 heteroatoms. The lowest BCUT2D eigenvalue weighted by atomic mass is 10.2. The van der Waals surface area contributed by atoms with E-state index in [1.165, 1.54) is 0 Å². The molecule has 0 aliphatic heterocycles. The van der Waals surface area contributed by atoms with E-state index in [0.717, 1.165) is 18.2 Å². The molecule has 100 valence electrons. The van der Waals surface area contributed by atoms with E-state index < -0.39 is 27.7 Å². The molecule has 0 aliphatic carbocycles. The number of carboxylic acid groups (broad SMARTS) is 1. The van der Waals surface area contributed by atoms with Crippen molar-refractivity contribution in [2.45, 2.75) is 13.3 Å². The number of benzene rings is 1. The van der Waals surface area contributed by atoms with Crippen molar-refractivity contribution in [3.63, 3.8) is 0 Å². The van der Waals surface area contributed by atoms with Gasteiger partial charge in [-0.15, -0.1) is 0 Å². The molecule has 0 saturated heterocycles. The Morgan fingerprint density at radius 1 is 1.44 bits per heavy atom. The second-order valence-corrected chi connectivity index (χ2v) is 5.00. The molecule has 0 unspecified atom stereocenters. The van der Waals surface area contributed by atoms with Crippen LogP contribution in [-0.4, -0.2) is 26.0 Å². The summed E-state index contributed by atoms with van der Waals surface area (Å²) >= 11 is 0. The highest BCUT2D eigenvalue weighted by atomic mass is 32.2. The Labute approximate surface area is 104 Å². The van der Waals surface area contributed by atoms with E-state index >= 15 is 0 Å². The average molecular weight is 276 g/mol. The van der Waals surface area contributed by atoms with Crippen LogP contribution in [0.1, 0.15) is 23.7 Å². The van der Waals surface area contributed by atoms with Gasteiger partial charge >= 0.3 is 5.97 Å². The molecule has 1 aromatic carbocycles. The number of hydrogen-bond donors (Lipinski definition) is 3. The molecule has 0 aromatic heterocycles. The molecule has 0 saturated carbocycles. The zero-order valence-electron chi connectivity index (χ0n) is 9.60. The van der Waals surface area contributed by atoms with Crippen LogP contribution in [-0.2, 0) is 10.2 Å². The van der Waals surface area contributed by atoms with Crippen LogP contribution in [0.25, 0.3) is 0 Å². The van der Waals surface area contributed by atoms with Gasteiger partial charge in [0.05, 0.1) is 11.3 Å². The first-order valence-electron chi connectivity index (χ1n) is 5.16. The van der Waals surface area contributed by atoms with Crippen molar-refractivity contribution in [3.8, 4) is 0 Å². The van der Waals surface area contributed by atoms with Gasteiger partial charge in [0.1, 0.15) is 5.82 Å². The number of carbonyl (C=O) groups is 1. The highest BCUT2D eigenvalue weighted by Gasteiger charge is 2.14. The third-order valence-electron chi connectivity index (χ3n) is 2.00. The molecule has 6 nitrogen and oxygen atoms in total. The van der Waals surface area contributed by atoms with Gasteiger partial charge in [0, 0.05) is 6.54 Å². The molecule has 0 spiro atoms. The second kappa shape index (κ2) is 5.78. The summed E-state index contributed by atoms with van der Waals surface area (Å²) < 4.78 is 40.4. The van der Waals surface area contributed by atoms with Gasteiger partial charge in [0.2, 0.25) is 0 Å². The molecule has 0 atom stereocenters. The number of halogens is 1. The first kappa shape index (κ1) is 14.4. The summed E-state index contributed by atoms with van der Waals surface area (Å²) in [6.45, 7) is 1.98. The fourth-order valence-electron chi connectivity index (χ4n) is 1.15. The normalized spacial score (nSPS) is 11.2. The van der Waals surface area contributed by atoms with E-state index in [4.69, 9.17) is 5.11 Å². The van der Waals surface area contributed by atoms with Gasteiger partial charge in [-0.3, -0.25) is 4.72 Å². The average Bonchev–Trinajstić information content (AvgIpc) is 2.29. The Hall–Kier alpha value is -1.67. The Morgan fingerprint density at radius 3 is 2.67 bits per heavy atom. The standard InChI is InChI=1S/C10H13FN2O4S/c1-2-5-12-18(16,17)13-9-6-7(10(14)15)3-4-8(9)11/h3-4,6,12-13H,2,5H2,1H3,(H,14,15). The van der Waals surface area contributed by atoms with Gasteiger partial charge < -0.3 is 5.11 Å². The zero-order chi connectivity index (χ0) is 13.8. The van der Waals surface area contributed by atoms with Crippen molar-refractivity contribution in [1.29, 1.82) is 0 Å². The minimum atomic E-state index is -3.89. The van der Waals surface area contributed by atoms with E-state index in [1.807, 2.05) is 4.72 Å². The molecule has 18 heavy (non-hydrogen) atoms. The monoisotopic (exact) mass is 276 g/mol. The van der Waals surface area contributed by atoms with Gasteiger partial charge in [-0.2, -0.15) is 13.1 Å². The maximum atomic E-state index is 13.3. The first-order chi connectivity index (χ1) is 8.35. The molecule has 0 amide bonds. The highest BCUT2D eigenvalue weighted by Crippen LogP contribution is 2.17. The Morgan fingerprint density at radius 2 is 2.11 bits per heavy atom. The quantitative estimate of drug-likeness (QED) is 0.727. The fourth-order valence-corrected chi connectivity index (χ4v) is 2.14. The van der Waals surface area contributed by atoms with E-state index in [0.29, 0.717) is 6.42 Å². The van der Waals surface area contributed by atoms with E-state index in [2.05, 4.69) is 4.72 Å². The number of carboxylic acids is 1. The van der Waals surface area contributed by atoms with Crippen molar-refractivity contribution in [2.24, 2.45) is 0 Å². The van der Waals surface area contributed by atoms with Crippen LogP contribution in [0.4, 0.5) is 10.1 Å². The summed E-state index contributed by atoms with van der Waals surface area (Å²) in [6.07, 6.45) is 0.582. The largest absolute Gasteiger partial charge is 0.478 e. The zero-order valence-corrected chi connectivity index (χ0v) is 10.4. The van der Waals surface area contributed by atoms with Gasteiger partial charge in [0.25, 0.3) is 10.2 Å². The summed E-state index contributed by atoms with van der Waals surface area (Å²) in [6, 6.07) is 2.86. The Kier molecular flexibility index (Phi) is 4.62. The van der Waals surface area contributed by atoms with E-state index in [1.54, 1.807) is 6.92 Å². The lowest BCUT2D eigenvalue weighted by molar-refractivity contribution is 0.0697. The van der Waals surface area contributed by atoms with Crippen LogP contribution in [0, 0.1) is 5.82 Å². The van der Waals surface area contributed by atoms with Crippen molar-refractivity contribution >= 4 is 21.9 Å². The number of hydrogen-bond acceptors (Lipinski definition) is 3. The maximum Gasteiger partial charge on any atom is 0.335 e. The molecular weight excluding hydrogens is 263 g/mol. The fraction of sp³-hybridized carbons (Fsp3) is 0.300. The molecule has 0 aliphatic rings. The number of aromatic carboxylic acids is 1. The minimum Gasteiger partial charge on any atom is -0.478 e. The topological polar surface area (TPSA) is 95.5 Å². The van der Waals surface area contributed by atoms with E-state index in [9.17, 15) is 17.6 Å². The molecule has 0 fully saturated rings. The third-order valence-corrected chi connectivity index (χ3v) is 3.07. The van der Waals surface area contributed by atoms with Crippen LogP contribution < -0.4 is 9.44 Å². The molecule has 3 N–H and O–H groups in total. The minimum absolute atomic E-state index is 0.204. The van der Waals surface area contributed by atoms with Gasteiger partial charge in [-0.25, -0.2) is 9.18 Å². The molecule has 1 aromatic rings. The molecular formula is C10H13FN2O4S. The van der Waals surface area contributed by atoms with Crippen LogP contribution in [0.2, 0.25) is 0 Å². The van der Waals surface area contributed by atoms with Gasteiger partial charge in [-0.1, -0.05) is 6.92 Å². The van der Waals surface area contributed by atoms with Gasteiger partial charge in [-0.05, 0) is 24.6 Å².